The van der Waals surface area contributed by atoms with Crippen LogP contribution in [0.25, 0.3) is 21.0 Å². The van der Waals surface area contributed by atoms with Gasteiger partial charge in [0.1, 0.15) is 28.5 Å². The summed E-state index contributed by atoms with van der Waals surface area (Å²) in [5.74, 6) is 0.496. The monoisotopic (exact) mass is 610 g/mol. The number of rotatable bonds is 10. The smallest absolute Gasteiger partial charge is 0.333 e. The van der Waals surface area contributed by atoms with E-state index in [1.165, 1.54) is 28.4 Å². The number of hydrogen-bond donors (Lipinski definition) is 2. The molecule has 11 nitrogen and oxygen atoms in total. The van der Waals surface area contributed by atoms with Crippen LogP contribution in [0, 0.1) is 6.92 Å². The Hall–Kier alpha value is -3.74. The largest absolute Gasteiger partial charge is 0.496 e. The molecule has 43 heavy (non-hydrogen) atoms. The van der Waals surface area contributed by atoms with Crippen molar-refractivity contribution in [3.63, 3.8) is 0 Å². The third-order valence-electron chi connectivity index (χ3n) is 8.13. The molecule has 1 fully saturated rings. The van der Waals surface area contributed by atoms with Gasteiger partial charge < -0.3 is 24.3 Å². The number of likely N-dealkylation sites (N-methyl/N-ethyl adjacent to an activating group) is 1. The van der Waals surface area contributed by atoms with Crippen molar-refractivity contribution in [2.24, 2.45) is 0 Å². The molecule has 0 aliphatic heterocycles. The summed E-state index contributed by atoms with van der Waals surface area (Å²) in [6.45, 7) is 7.10. The van der Waals surface area contributed by atoms with Crippen LogP contribution in [-0.4, -0.2) is 51.0 Å². The van der Waals surface area contributed by atoms with Gasteiger partial charge in [0.2, 0.25) is 11.8 Å². The minimum Gasteiger partial charge on any atom is -0.496 e. The molecule has 2 N–H and O–H groups in total. The number of fused-ring (bicyclic) bond motifs is 1. The van der Waals surface area contributed by atoms with Crippen molar-refractivity contribution >= 4 is 27.5 Å². The lowest BCUT2D eigenvalue weighted by molar-refractivity contribution is -0.128. The Kier molecular flexibility index (Phi) is 8.91. The van der Waals surface area contributed by atoms with E-state index in [1.807, 2.05) is 24.3 Å². The first-order valence-electron chi connectivity index (χ1n) is 14.5. The van der Waals surface area contributed by atoms with Crippen LogP contribution in [0.1, 0.15) is 63.7 Å². The number of thiophene rings is 1. The van der Waals surface area contributed by atoms with Gasteiger partial charge in [0.15, 0.2) is 0 Å². The number of hydrogen-bond acceptors (Lipinski definition) is 9. The molecule has 230 valence electrons. The average Bonchev–Trinajstić information content (AvgIpc) is 3.64. The summed E-state index contributed by atoms with van der Waals surface area (Å²) in [5, 5.41) is 13.1. The molecule has 3 heterocycles. The number of carbonyl (C=O) groups excluding carboxylic acids is 1. The highest BCUT2D eigenvalue weighted by Crippen LogP contribution is 2.38. The standard InChI is InChI=1S/C31H38N4O7S/c1-6-32-29(38)31(3,4)35-27(37)24-18(2)25(26-33-15-16-41-26)43-28(24)34(30(35)39)17-23(21-9-7-8-10-22(21)40-5)42-20-13-11-19(36)12-14-20/h7-10,15-16,19-20,23,36H,6,11-14,17H2,1-5H3,(H,32,38)/t19?,20?,23-/m0/s1. The highest BCUT2D eigenvalue weighted by atomic mass is 32.1. The first-order valence-corrected chi connectivity index (χ1v) is 15.3. The van der Waals surface area contributed by atoms with E-state index in [1.54, 1.807) is 34.8 Å². The third-order valence-corrected chi connectivity index (χ3v) is 9.43. The third kappa shape index (κ3) is 5.78. The molecule has 0 radical (unpaired) electrons. The van der Waals surface area contributed by atoms with Gasteiger partial charge in [-0.05, 0) is 65.0 Å². The Morgan fingerprint density at radius 1 is 1.23 bits per heavy atom. The number of para-hydroxylation sites is 1. The van der Waals surface area contributed by atoms with Crippen molar-refractivity contribution in [2.75, 3.05) is 13.7 Å². The van der Waals surface area contributed by atoms with Gasteiger partial charge in [-0.3, -0.25) is 14.2 Å². The number of aromatic nitrogens is 3. The van der Waals surface area contributed by atoms with Crippen LogP contribution in [-0.2, 0) is 21.6 Å². The van der Waals surface area contributed by atoms with Gasteiger partial charge in [0.05, 0.1) is 42.3 Å². The predicted octanol–water partition coefficient (Wildman–Crippen LogP) is 4.13. The summed E-state index contributed by atoms with van der Waals surface area (Å²) in [4.78, 5) is 47.1. The van der Waals surface area contributed by atoms with E-state index in [0.717, 1.165) is 10.1 Å². The lowest BCUT2D eigenvalue weighted by Crippen LogP contribution is -2.55. The van der Waals surface area contributed by atoms with E-state index in [-0.39, 0.29) is 18.8 Å². The Morgan fingerprint density at radius 2 is 1.95 bits per heavy atom. The zero-order valence-corrected chi connectivity index (χ0v) is 25.9. The van der Waals surface area contributed by atoms with Gasteiger partial charge in [-0.1, -0.05) is 18.2 Å². The Labute approximate surface area is 253 Å². The predicted molar refractivity (Wildman–Crippen MR) is 164 cm³/mol. The van der Waals surface area contributed by atoms with Crippen molar-refractivity contribution < 1.29 is 23.8 Å². The van der Waals surface area contributed by atoms with Crippen molar-refractivity contribution in [1.29, 1.82) is 0 Å². The van der Waals surface area contributed by atoms with Crippen LogP contribution < -0.4 is 21.3 Å². The van der Waals surface area contributed by atoms with E-state index in [0.29, 0.717) is 64.5 Å². The van der Waals surface area contributed by atoms with Crippen LogP contribution in [0.3, 0.4) is 0 Å². The van der Waals surface area contributed by atoms with Crippen molar-refractivity contribution in [3.05, 3.63) is 68.7 Å². The topological polar surface area (TPSA) is 138 Å². The summed E-state index contributed by atoms with van der Waals surface area (Å²) in [6, 6.07) is 7.48. The fraction of sp³-hybridized carbons (Fsp3) is 0.484. The molecular weight excluding hydrogens is 572 g/mol. The minimum absolute atomic E-state index is 0.0471. The molecule has 1 aliphatic carbocycles. The fourth-order valence-corrected chi connectivity index (χ4v) is 6.99. The van der Waals surface area contributed by atoms with Crippen molar-refractivity contribution in [3.8, 4) is 16.5 Å². The lowest BCUT2D eigenvalue weighted by Gasteiger charge is -2.31. The molecule has 0 bridgehead atoms. The number of oxazole rings is 1. The Bertz CT molecular complexity index is 1710. The minimum atomic E-state index is -1.49. The number of aryl methyl sites for hydroxylation is 1. The molecule has 12 heteroatoms. The molecule has 3 aromatic heterocycles. The van der Waals surface area contributed by atoms with E-state index in [4.69, 9.17) is 13.9 Å². The summed E-state index contributed by atoms with van der Waals surface area (Å²) in [6.07, 6.45) is 4.45. The summed E-state index contributed by atoms with van der Waals surface area (Å²) >= 11 is 1.24. The van der Waals surface area contributed by atoms with Crippen LogP contribution in [0.5, 0.6) is 5.75 Å². The zero-order chi connectivity index (χ0) is 30.9. The molecule has 0 saturated heterocycles. The molecule has 1 amide bonds. The van der Waals surface area contributed by atoms with E-state index >= 15 is 0 Å². The number of aliphatic hydroxyl groups is 1. The molecular formula is C31H38N4O7S. The van der Waals surface area contributed by atoms with Crippen LogP contribution >= 0.6 is 11.3 Å². The van der Waals surface area contributed by atoms with E-state index < -0.39 is 28.8 Å². The number of methoxy groups -OCH3 is 1. The maximum atomic E-state index is 14.4. The second-order valence-corrected chi connectivity index (χ2v) is 12.3. The first-order chi connectivity index (χ1) is 20.6. The molecule has 1 aliphatic rings. The van der Waals surface area contributed by atoms with Crippen LogP contribution in [0.15, 0.2) is 50.7 Å². The lowest BCUT2D eigenvalue weighted by atomic mass is 9.94. The molecule has 0 unspecified atom stereocenters. The van der Waals surface area contributed by atoms with E-state index in [9.17, 15) is 19.5 Å². The molecule has 1 atom stereocenters. The highest BCUT2D eigenvalue weighted by Gasteiger charge is 2.36. The van der Waals surface area contributed by atoms with Gasteiger partial charge in [0, 0.05) is 12.1 Å². The summed E-state index contributed by atoms with van der Waals surface area (Å²) in [7, 11) is 1.58. The highest BCUT2D eigenvalue weighted by molar-refractivity contribution is 7.22. The van der Waals surface area contributed by atoms with Gasteiger partial charge in [-0.15, -0.1) is 11.3 Å². The fourth-order valence-electron chi connectivity index (χ4n) is 5.74. The normalized spacial score (nSPS) is 18.1. The molecule has 1 aromatic carbocycles. The number of aliphatic hydroxyl groups excluding tert-OH is 1. The van der Waals surface area contributed by atoms with Crippen molar-refractivity contribution in [1.82, 2.24) is 19.4 Å². The summed E-state index contributed by atoms with van der Waals surface area (Å²) < 4.78 is 20.5. The SMILES string of the molecule is CCNC(=O)C(C)(C)n1c(=O)c2c(C)c(-c3ncco3)sc2n(C[C@H](OC2CCC(O)CC2)c2ccccc2OC)c1=O. The Balaban J connectivity index is 1.74. The number of nitrogens with zero attached hydrogens (tertiary/aromatic N) is 3. The van der Waals surface area contributed by atoms with Gasteiger partial charge in [-0.25, -0.2) is 14.3 Å². The molecule has 5 rings (SSSR count). The van der Waals surface area contributed by atoms with Gasteiger partial charge in [-0.2, -0.15) is 0 Å². The number of nitrogens with one attached hydrogen (secondary N) is 1. The number of carbonyl (C=O) groups is 1. The van der Waals surface area contributed by atoms with Crippen molar-refractivity contribution in [2.45, 2.75) is 83.8 Å². The molecule has 4 aromatic rings. The second-order valence-electron chi connectivity index (χ2n) is 11.3. The van der Waals surface area contributed by atoms with Crippen LogP contribution in [0.4, 0.5) is 0 Å². The average molecular weight is 611 g/mol. The van der Waals surface area contributed by atoms with Gasteiger partial charge >= 0.3 is 5.69 Å². The molecule has 0 spiro atoms. The van der Waals surface area contributed by atoms with Crippen LogP contribution in [0.2, 0.25) is 0 Å². The zero-order valence-electron chi connectivity index (χ0n) is 25.1. The maximum Gasteiger partial charge on any atom is 0.333 e. The van der Waals surface area contributed by atoms with Gasteiger partial charge in [0.25, 0.3) is 5.56 Å². The molecule has 1 saturated carbocycles. The second kappa shape index (κ2) is 12.5. The van der Waals surface area contributed by atoms with E-state index in [2.05, 4.69) is 10.3 Å². The number of benzene rings is 1. The Morgan fingerprint density at radius 3 is 2.60 bits per heavy atom. The number of amides is 1. The summed E-state index contributed by atoms with van der Waals surface area (Å²) in [5.41, 5.74) is -1.32. The quantitative estimate of drug-likeness (QED) is 0.274. The maximum absolute atomic E-state index is 14.4. The first kappa shape index (κ1) is 30.7. The number of ether oxygens (including phenoxy) is 2.